The zero-order valence-electron chi connectivity index (χ0n) is 14.6. The molecule has 1 aromatic carbocycles. The van der Waals surface area contributed by atoms with Gasteiger partial charge in [0, 0.05) is 6.04 Å². The number of esters is 2. The summed E-state index contributed by atoms with van der Waals surface area (Å²) in [4.78, 5) is 27.6. The zero-order valence-corrected chi connectivity index (χ0v) is 14.6. The summed E-state index contributed by atoms with van der Waals surface area (Å²) in [6.07, 6.45) is 3.52. The van der Waals surface area contributed by atoms with Crippen LogP contribution in [0.5, 0.6) is 0 Å². The number of carbonyl (C=O) groups is 2. The van der Waals surface area contributed by atoms with Crippen molar-refractivity contribution in [2.75, 3.05) is 14.2 Å². The predicted octanol–water partition coefficient (Wildman–Crippen LogP) is 2.85. The highest BCUT2D eigenvalue weighted by Crippen LogP contribution is 2.55. The van der Waals surface area contributed by atoms with Crippen molar-refractivity contribution in [1.29, 1.82) is 0 Å². The largest absolute Gasteiger partial charge is 0.468 e. The molecular weight excluding hydrogens is 306 g/mol. The van der Waals surface area contributed by atoms with Gasteiger partial charge < -0.3 is 9.47 Å². The van der Waals surface area contributed by atoms with E-state index in [2.05, 4.69) is 11.8 Å². The normalized spacial score (nSPS) is 30.6. The van der Waals surface area contributed by atoms with Crippen LogP contribution in [0.1, 0.15) is 50.6 Å². The number of ether oxygens (including phenoxy) is 2. The summed E-state index contributed by atoms with van der Waals surface area (Å²) in [5.41, 5.74) is -0.393. The molecule has 2 fully saturated rings. The lowest BCUT2D eigenvalue weighted by Gasteiger charge is -2.50. The Balaban J connectivity index is 2.11. The lowest BCUT2D eigenvalue weighted by molar-refractivity contribution is -0.174. The summed E-state index contributed by atoms with van der Waals surface area (Å²) in [6, 6.07) is 9.92. The van der Waals surface area contributed by atoms with Crippen LogP contribution in [0.2, 0.25) is 0 Å². The maximum atomic E-state index is 12.7. The lowest BCUT2D eigenvalue weighted by Crippen LogP contribution is -2.64. The van der Waals surface area contributed by atoms with Crippen LogP contribution < -0.4 is 0 Å². The molecular formula is C19H25NO4. The average molecular weight is 331 g/mol. The molecule has 130 valence electrons. The van der Waals surface area contributed by atoms with E-state index in [0.29, 0.717) is 12.8 Å². The van der Waals surface area contributed by atoms with Crippen molar-refractivity contribution in [2.24, 2.45) is 0 Å². The van der Waals surface area contributed by atoms with E-state index in [-0.39, 0.29) is 18.0 Å². The van der Waals surface area contributed by atoms with Gasteiger partial charge in [-0.1, -0.05) is 30.3 Å². The van der Waals surface area contributed by atoms with Crippen molar-refractivity contribution >= 4 is 11.9 Å². The van der Waals surface area contributed by atoms with Crippen LogP contribution in [0.4, 0.5) is 0 Å². The molecule has 1 aromatic rings. The van der Waals surface area contributed by atoms with Gasteiger partial charge in [0.1, 0.15) is 11.1 Å². The van der Waals surface area contributed by atoms with Gasteiger partial charge in [0.15, 0.2) is 0 Å². The molecule has 2 saturated heterocycles. The monoisotopic (exact) mass is 331 g/mol. The standard InChI is InChI=1S/C19H25NO4/c1-14(15-8-5-4-6-9-15)20-18(16(21)23-2)10-7-11-19(20,13-12-18)17(22)24-3/h4-6,8-9,14H,7,10-13H2,1-3H3/t14-,18?,19?/m0/s1. The number of fused-ring (bicyclic) bond motifs is 2. The van der Waals surface area contributed by atoms with Crippen LogP contribution in [-0.2, 0) is 19.1 Å². The van der Waals surface area contributed by atoms with E-state index >= 15 is 0 Å². The minimum Gasteiger partial charge on any atom is -0.468 e. The van der Waals surface area contributed by atoms with Gasteiger partial charge in [0.25, 0.3) is 0 Å². The Hall–Kier alpha value is -1.88. The molecule has 5 nitrogen and oxygen atoms in total. The van der Waals surface area contributed by atoms with Crippen LogP contribution in [0.25, 0.3) is 0 Å². The van der Waals surface area contributed by atoms with Crippen molar-refractivity contribution in [1.82, 2.24) is 4.90 Å². The molecule has 2 aliphatic rings. The molecule has 0 aromatic heterocycles. The van der Waals surface area contributed by atoms with Crippen molar-refractivity contribution in [2.45, 2.75) is 56.1 Å². The predicted molar refractivity (Wildman–Crippen MR) is 89.3 cm³/mol. The van der Waals surface area contributed by atoms with E-state index in [1.807, 2.05) is 30.3 Å². The summed E-state index contributed by atoms with van der Waals surface area (Å²) >= 11 is 0. The summed E-state index contributed by atoms with van der Waals surface area (Å²) in [6.45, 7) is 2.06. The Morgan fingerprint density at radius 2 is 1.46 bits per heavy atom. The van der Waals surface area contributed by atoms with Crippen molar-refractivity contribution in [3.05, 3.63) is 35.9 Å². The number of methoxy groups -OCH3 is 2. The molecule has 0 amide bonds. The molecule has 3 rings (SSSR count). The maximum Gasteiger partial charge on any atom is 0.326 e. The van der Waals surface area contributed by atoms with Gasteiger partial charge >= 0.3 is 11.9 Å². The number of rotatable bonds is 4. The summed E-state index contributed by atoms with van der Waals surface area (Å²) < 4.78 is 10.3. The third-order valence-electron chi connectivity index (χ3n) is 5.86. The van der Waals surface area contributed by atoms with Gasteiger partial charge in [-0.2, -0.15) is 0 Å². The molecule has 5 heteroatoms. The molecule has 0 aliphatic carbocycles. The molecule has 0 spiro atoms. The number of carbonyl (C=O) groups excluding carboxylic acids is 2. The van der Waals surface area contributed by atoms with E-state index in [1.165, 1.54) is 14.2 Å². The third-order valence-corrected chi connectivity index (χ3v) is 5.86. The second kappa shape index (κ2) is 6.20. The van der Waals surface area contributed by atoms with Gasteiger partial charge in [-0.15, -0.1) is 0 Å². The lowest BCUT2D eigenvalue weighted by atomic mass is 9.81. The quantitative estimate of drug-likeness (QED) is 0.794. The highest BCUT2D eigenvalue weighted by atomic mass is 16.5. The van der Waals surface area contributed by atoms with Gasteiger partial charge in [0.05, 0.1) is 14.2 Å². The molecule has 2 aliphatic heterocycles. The first kappa shape index (κ1) is 17.0. The summed E-state index contributed by atoms with van der Waals surface area (Å²) in [5.74, 6) is -0.480. The number of nitrogens with zero attached hydrogens (tertiary/aromatic N) is 1. The number of hydrogen-bond acceptors (Lipinski definition) is 5. The molecule has 0 radical (unpaired) electrons. The van der Waals surface area contributed by atoms with Crippen molar-refractivity contribution in [3.8, 4) is 0 Å². The van der Waals surface area contributed by atoms with Crippen molar-refractivity contribution in [3.63, 3.8) is 0 Å². The van der Waals surface area contributed by atoms with E-state index in [1.54, 1.807) is 0 Å². The molecule has 0 N–H and O–H groups in total. The number of piperidine rings is 1. The Morgan fingerprint density at radius 1 is 0.958 bits per heavy atom. The first-order valence-corrected chi connectivity index (χ1v) is 8.53. The topological polar surface area (TPSA) is 55.8 Å². The van der Waals surface area contributed by atoms with E-state index in [4.69, 9.17) is 9.47 Å². The second-order valence-corrected chi connectivity index (χ2v) is 6.86. The molecule has 2 bridgehead atoms. The Morgan fingerprint density at radius 3 is 1.92 bits per heavy atom. The Bertz CT molecular complexity index is 600. The molecule has 2 unspecified atom stereocenters. The fourth-order valence-electron chi connectivity index (χ4n) is 4.84. The van der Waals surface area contributed by atoms with Crippen LogP contribution in [0, 0.1) is 0 Å². The van der Waals surface area contributed by atoms with E-state index in [0.717, 1.165) is 24.8 Å². The van der Waals surface area contributed by atoms with E-state index < -0.39 is 11.1 Å². The zero-order chi connectivity index (χ0) is 17.4. The fraction of sp³-hybridized carbons (Fsp3) is 0.579. The Kier molecular flexibility index (Phi) is 4.38. The van der Waals surface area contributed by atoms with Crippen LogP contribution in [0.3, 0.4) is 0 Å². The van der Waals surface area contributed by atoms with Gasteiger partial charge in [-0.25, -0.2) is 0 Å². The number of hydrogen-bond donors (Lipinski definition) is 0. The minimum absolute atomic E-state index is 0.0767. The highest BCUT2D eigenvalue weighted by Gasteiger charge is 2.66. The molecule has 0 saturated carbocycles. The van der Waals surface area contributed by atoms with Gasteiger partial charge in [0.2, 0.25) is 0 Å². The van der Waals surface area contributed by atoms with Gasteiger partial charge in [-0.05, 0) is 44.6 Å². The van der Waals surface area contributed by atoms with Crippen molar-refractivity contribution < 1.29 is 19.1 Å². The maximum absolute atomic E-state index is 12.7. The fourth-order valence-corrected chi connectivity index (χ4v) is 4.84. The van der Waals surface area contributed by atoms with Crippen LogP contribution in [-0.4, -0.2) is 42.1 Å². The van der Waals surface area contributed by atoms with Crippen LogP contribution in [0.15, 0.2) is 30.3 Å². The SMILES string of the molecule is COC(=O)C12CCCC(C(=O)OC)(CC1)N2[C@@H](C)c1ccccc1. The average Bonchev–Trinajstić information content (AvgIpc) is 2.84. The Labute approximate surface area is 142 Å². The molecule has 24 heavy (non-hydrogen) atoms. The summed E-state index contributed by atoms with van der Waals surface area (Å²) in [5, 5.41) is 0. The highest BCUT2D eigenvalue weighted by molar-refractivity contribution is 5.88. The molecule has 2 heterocycles. The van der Waals surface area contributed by atoms with E-state index in [9.17, 15) is 9.59 Å². The minimum atomic E-state index is -0.740. The first-order valence-electron chi connectivity index (χ1n) is 8.53. The third kappa shape index (κ3) is 2.25. The smallest absolute Gasteiger partial charge is 0.326 e. The summed E-state index contributed by atoms with van der Waals surface area (Å²) in [7, 11) is 2.85. The van der Waals surface area contributed by atoms with Crippen LogP contribution >= 0.6 is 0 Å². The molecule has 3 atom stereocenters. The van der Waals surface area contributed by atoms with Gasteiger partial charge in [-0.3, -0.25) is 14.5 Å². The number of benzene rings is 1. The first-order chi connectivity index (χ1) is 11.5. The second-order valence-electron chi connectivity index (χ2n) is 6.86.